The average Bonchev–Trinajstić information content (AvgIpc) is 2.87. The Balaban J connectivity index is 2.07. The van der Waals surface area contributed by atoms with Crippen LogP contribution in [0.2, 0.25) is 0 Å². The highest BCUT2D eigenvalue weighted by Crippen LogP contribution is 2.37. The van der Waals surface area contributed by atoms with Crippen molar-refractivity contribution in [1.29, 1.82) is 5.41 Å². The summed E-state index contributed by atoms with van der Waals surface area (Å²) in [6.45, 7) is 1.62. The van der Waals surface area contributed by atoms with Crippen LogP contribution < -0.4 is 5.32 Å². The van der Waals surface area contributed by atoms with Crippen molar-refractivity contribution in [1.82, 2.24) is 5.32 Å². The van der Waals surface area contributed by atoms with Gasteiger partial charge in [-0.25, -0.2) is 0 Å². The summed E-state index contributed by atoms with van der Waals surface area (Å²) in [5, 5.41) is 10.8. The Morgan fingerprint density at radius 3 is 3.00 bits per heavy atom. The molecule has 1 saturated carbocycles. The van der Waals surface area contributed by atoms with Gasteiger partial charge >= 0.3 is 0 Å². The van der Waals surface area contributed by atoms with Gasteiger partial charge in [0.15, 0.2) is 0 Å². The van der Waals surface area contributed by atoms with Crippen molar-refractivity contribution in [3.8, 4) is 0 Å². The van der Waals surface area contributed by atoms with E-state index in [1.807, 2.05) is 0 Å². The van der Waals surface area contributed by atoms with Gasteiger partial charge in [0.25, 0.3) is 0 Å². The average molecular weight is 198 g/mol. The molecule has 72 valence electrons. The minimum atomic E-state index is 0.196. The molecule has 13 heavy (non-hydrogen) atoms. The molecule has 1 saturated heterocycles. The Kier molecular flexibility index (Phi) is 2.60. The normalized spacial score (nSPS) is 31.5. The summed E-state index contributed by atoms with van der Waals surface area (Å²) in [4.78, 5) is 0. The van der Waals surface area contributed by atoms with Gasteiger partial charge in [-0.15, -0.1) is 12.6 Å². The fraction of sp³-hybridized carbons (Fsp3) is 0.667. The molecule has 0 unspecified atom stereocenters. The molecule has 1 aliphatic heterocycles. The van der Waals surface area contributed by atoms with E-state index < -0.39 is 0 Å². The number of morpholine rings is 1. The van der Waals surface area contributed by atoms with E-state index in [2.05, 4.69) is 17.9 Å². The molecular weight excluding hydrogens is 184 g/mol. The molecule has 0 amide bonds. The van der Waals surface area contributed by atoms with Gasteiger partial charge in [-0.05, 0) is 24.8 Å². The molecule has 0 aromatic carbocycles. The first-order valence-corrected chi connectivity index (χ1v) is 5.06. The van der Waals surface area contributed by atoms with Crippen LogP contribution >= 0.6 is 12.6 Å². The standard InChI is InChI=1S/C9H14N2OS/c10-8(13)5-7-9(6-1-2-6)12-4-3-11-7/h5-6,9,11H,1-4H2,(H2,10,13)/b7-5-/t9-/m1/s1. The number of hydrogen-bond acceptors (Lipinski definition) is 3. The third-order valence-electron chi connectivity index (χ3n) is 2.38. The van der Waals surface area contributed by atoms with Crippen molar-refractivity contribution in [3.05, 3.63) is 11.8 Å². The number of thiol groups is 1. The molecule has 0 radical (unpaired) electrons. The van der Waals surface area contributed by atoms with E-state index in [4.69, 9.17) is 10.1 Å². The fourth-order valence-corrected chi connectivity index (χ4v) is 1.78. The van der Waals surface area contributed by atoms with E-state index in [0.717, 1.165) is 18.8 Å². The quantitative estimate of drug-likeness (QED) is 0.354. The first kappa shape index (κ1) is 9.09. The smallest absolute Gasteiger partial charge is 0.0999 e. The largest absolute Gasteiger partial charge is 0.384 e. The zero-order valence-electron chi connectivity index (χ0n) is 7.42. The summed E-state index contributed by atoms with van der Waals surface area (Å²) in [7, 11) is 0. The highest BCUT2D eigenvalue weighted by molar-refractivity contribution is 7.97. The maximum absolute atomic E-state index is 7.27. The van der Waals surface area contributed by atoms with Crippen molar-refractivity contribution in [2.24, 2.45) is 5.92 Å². The topological polar surface area (TPSA) is 45.1 Å². The Hall–Kier alpha value is -0.480. The number of rotatable bonds is 2. The SMILES string of the molecule is N=C(S)/C=C1\NCCO[C@@H]1C1CC1. The minimum Gasteiger partial charge on any atom is -0.384 e. The first-order chi connectivity index (χ1) is 6.27. The molecule has 0 bridgehead atoms. The molecule has 4 heteroatoms. The molecule has 1 aliphatic carbocycles. The van der Waals surface area contributed by atoms with Crippen LogP contribution in [-0.4, -0.2) is 24.3 Å². The Bertz CT molecular complexity index is 248. The monoisotopic (exact) mass is 198 g/mol. The highest BCUT2D eigenvalue weighted by Gasteiger charge is 2.35. The van der Waals surface area contributed by atoms with E-state index in [1.54, 1.807) is 6.08 Å². The van der Waals surface area contributed by atoms with Crippen LogP contribution in [0, 0.1) is 11.3 Å². The lowest BCUT2D eigenvalue weighted by Crippen LogP contribution is -2.37. The van der Waals surface area contributed by atoms with Gasteiger partial charge in [-0.2, -0.15) is 0 Å². The summed E-state index contributed by atoms with van der Waals surface area (Å²) in [5.74, 6) is 0.673. The summed E-state index contributed by atoms with van der Waals surface area (Å²) in [5.41, 5.74) is 1.04. The van der Waals surface area contributed by atoms with E-state index in [0.29, 0.717) is 11.0 Å². The second-order valence-corrected chi connectivity index (χ2v) is 4.02. The molecule has 1 heterocycles. The molecule has 0 aromatic heterocycles. The number of nitrogens with one attached hydrogen (secondary N) is 2. The zero-order valence-corrected chi connectivity index (χ0v) is 8.31. The number of ether oxygens (including phenoxy) is 1. The Labute approximate surface area is 83.5 Å². The maximum Gasteiger partial charge on any atom is 0.0999 e. The molecule has 0 aromatic rings. The summed E-state index contributed by atoms with van der Waals surface area (Å²) in [6, 6.07) is 0. The van der Waals surface area contributed by atoms with Crippen molar-refractivity contribution in [2.75, 3.05) is 13.2 Å². The molecule has 2 aliphatic rings. The van der Waals surface area contributed by atoms with E-state index in [1.165, 1.54) is 12.8 Å². The van der Waals surface area contributed by atoms with Gasteiger partial charge in [0.05, 0.1) is 17.8 Å². The lowest BCUT2D eigenvalue weighted by atomic mass is 10.1. The van der Waals surface area contributed by atoms with Crippen LogP contribution in [-0.2, 0) is 4.74 Å². The van der Waals surface area contributed by atoms with Crippen LogP contribution in [0.4, 0.5) is 0 Å². The van der Waals surface area contributed by atoms with Gasteiger partial charge in [0, 0.05) is 12.2 Å². The van der Waals surface area contributed by atoms with Gasteiger partial charge in [0.1, 0.15) is 0 Å². The van der Waals surface area contributed by atoms with Crippen LogP contribution in [0.3, 0.4) is 0 Å². The maximum atomic E-state index is 7.27. The third-order valence-corrected chi connectivity index (χ3v) is 2.51. The second-order valence-electron chi connectivity index (χ2n) is 3.54. The lowest BCUT2D eigenvalue weighted by molar-refractivity contribution is 0.0401. The predicted molar refractivity (Wildman–Crippen MR) is 55.3 cm³/mol. The molecule has 2 rings (SSSR count). The van der Waals surface area contributed by atoms with E-state index in [9.17, 15) is 0 Å². The van der Waals surface area contributed by atoms with Crippen LogP contribution in [0.5, 0.6) is 0 Å². The Morgan fingerprint density at radius 2 is 2.38 bits per heavy atom. The van der Waals surface area contributed by atoms with Crippen LogP contribution in [0.1, 0.15) is 12.8 Å². The van der Waals surface area contributed by atoms with Gasteiger partial charge < -0.3 is 10.1 Å². The lowest BCUT2D eigenvalue weighted by Gasteiger charge is -2.27. The van der Waals surface area contributed by atoms with E-state index in [-0.39, 0.29) is 6.10 Å². The van der Waals surface area contributed by atoms with Gasteiger partial charge in [-0.1, -0.05) is 0 Å². The van der Waals surface area contributed by atoms with Crippen molar-refractivity contribution in [2.45, 2.75) is 18.9 Å². The van der Waals surface area contributed by atoms with Gasteiger partial charge in [-0.3, -0.25) is 5.41 Å². The molecule has 0 spiro atoms. The first-order valence-electron chi connectivity index (χ1n) is 4.62. The second kappa shape index (κ2) is 3.72. The summed E-state index contributed by atoms with van der Waals surface area (Å²) in [6.07, 6.45) is 4.46. The zero-order chi connectivity index (χ0) is 9.26. The van der Waals surface area contributed by atoms with Crippen molar-refractivity contribution in [3.63, 3.8) is 0 Å². The minimum absolute atomic E-state index is 0.196. The van der Waals surface area contributed by atoms with Crippen molar-refractivity contribution < 1.29 is 4.74 Å². The highest BCUT2D eigenvalue weighted by atomic mass is 32.1. The molecule has 1 atom stereocenters. The molecule has 2 N–H and O–H groups in total. The van der Waals surface area contributed by atoms with Gasteiger partial charge in [0.2, 0.25) is 0 Å². The van der Waals surface area contributed by atoms with E-state index >= 15 is 0 Å². The third kappa shape index (κ3) is 2.25. The molecule has 3 nitrogen and oxygen atoms in total. The Morgan fingerprint density at radius 1 is 1.62 bits per heavy atom. The molecule has 2 fully saturated rings. The summed E-state index contributed by atoms with van der Waals surface area (Å²) >= 11 is 3.95. The van der Waals surface area contributed by atoms with Crippen molar-refractivity contribution >= 4 is 17.7 Å². The van der Waals surface area contributed by atoms with Crippen LogP contribution in [0.15, 0.2) is 11.8 Å². The van der Waals surface area contributed by atoms with Crippen LogP contribution in [0.25, 0.3) is 0 Å². The summed E-state index contributed by atoms with van der Waals surface area (Å²) < 4.78 is 5.65. The molecular formula is C9H14N2OS. The predicted octanol–water partition coefficient (Wildman–Crippen LogP) is 1.18. The number of hydrogen-bond donors (Lipinski definition) is 3. The fourth-order valence-electron chi connectivity index (χ4n) is 1.64.